The smallest absolute Gasteiger partial charge is 0.243 e. The lowest BCUT2D eigenvalue weighted by molar-refractivity contribution is -0.126. The molecule has 2 aromatic carbocycles. The summed E-state index contributed by atoms with van der Waals surface area (Å²) in [4.78, 5) is 12.7. The van der Waals surface area contributed by atoms with Crippen LogP contribution in [0.5, 0.6) is 17.2 Å². The van der Waals surface area contributed by atoms with Crippen LogP contribution >= 0.6 is 11.6 Å². The molecule has 1 amide bonds. The highest BCUT2D eigenvalue weighted by Crippen LogP contribution is 2.33. The number of sulfonamides is 1. The van der Waals surface area contributed by atoms with Crippen LogP contribution in [0.25, 0.3) is 0 Å². The molecule has 2 aromatic rings. The van der Waals surface area contributed by atoms with E-state index in [0.29, 0.717) is 36.6 Å². The molecule has 0 saturated carbocycles. The summed E-state index contributed by atoms with van der Waals surface area (Å²) < 4.78 is 43.0. The summed E-state index contributed by atoms with van der Waals surface area (Å²) in [5, 5.41) is 3.17. The van der Waals surface area contributed by atoms with E-state index in [1.807, 2.05) is 18.2 Å². The van der Waals surface area contributed by atoms with Crippen LogP contribution < -0.4 is 19.5 Å². The quantitative estimate of drug-likeness (QED) is 0.703. The number of piperidine rings is 1. The maximum absolute atomic E-state index is 12.9. The minimum absolute atomic E-state index is 0.0813. The van der Waals surface area contributed by atoms with Gasteiger partial charge in [-0.2, -0.15) is 4.31 Å². The molecule has 4 rings (SSSR count). The molecule has 1 fully saturated rings. The van der Waals surface area contributed by atoms with Crippen LogP contribution in [0, 0.1) is 5.92 Å². The Bertz CT molecular complexity index is 1080. The maximum Gasteiger partial charge on any atom is 0.243 e. The van der Waals surface area contributed by atoms with Crippen molar-refractivity contribution in [2.45, 2.75) is 24.3 Å². The molecule has 0 radical (unpaired) electrons. The molecule has 2 aliphatic rings. The topological polar surface area (TPSA) is 94.2 Å². The van der Waals surface area contributed by atoms with Gasteiger partial charge < -0.3 is 19.5 Å². The van der Waals surface area contributed by atoms with Crippen LogP contribution in [0.1, 0.15) is 18.4 Å². The van der Waals surface area contributed by atoms with Gasteiger partial charge in [-0.3, -0.25) is 4.79 Å². The van der Waals surface area contributed by atoms with Crippen molar-refractivity contribution in [3.05, 3.63) is 47.0 Å². The number of benzene rings is 2. The molecule has 2 aliphatic heterocycles. The molecule has 1 N–H and O–H groups in total. The lowest BCUT2D eigenvalue weighted by atomic mass is 9.97. The van der Waals surface area contributed by atoms with Gasteiger partial charge in [0.05, 0.1) is 17.0 Å². The zero-order valence-electron chi connectivity index (χ0n) is 17.0. The van der Waals surface area contributed by atoms with Crippen molar-refractivity contribution in [1.29, 1.82) is 0 Å². The molecule has 2 heterocycles. The molecule has 0 bridgehead atoms. The van der Waals surface area contributed by atoms with Gasteiger partial charge in [0, 0.05) is 25.6 Å². The fourth-order valence-corrected chi connectivity index (χ4v) is 5.52. The number of hydrogen-bond donors (Lipinski definition) is 1. The van der Waals surface area contributed by atoms with E-state index >= 15 is 0 Å². The number of carbonyl (C=O) groups is 1. The number of nitrogens with one attached hydrogen (secondary N) is 1. The van der Waals surface area contributed by atoms with Gasteiger partial charge in [0.1, 0.15) is 5.75 Å². The van der Waals surface area contributed by atoms with Crippen LogP contribution in [0.15, 0.2) is 41.3 Å². The van der Waals surface area contributed by atoms with Crippen LogP contribution in [-0.4, -0.2) is 45.6 Å². The van der Waals surface area contributed by atoms with Crippen molar-refractivity contribution < 1.29 is 27.4 Å². The van der Waals surface area contributed by atoms with E-state index in [4.69, 9.17) is 25.8 Å². The zero-order valence-corrected chi connectivity index (χ0v) is 18.5. The average Bonchev–Trinajstić information content (AvgIpc) is 3.25. The Morgan fingerprint density at radius 2 is 1.90 bits per heavy atom. The fraction of sp³-hybridized carbons (Fsp3) is 0.381. The van der Waals surface area contributed by atoms with E-state index in [1.54, 1.807) is 0 Å². The number of carbonyl (C=O) groups excluding carboxylic acids is 1. The van der Waals surface area contributed by atoms with Crippen molar-refractivity contribution >= 4 is 27.5 Å². The van der Waals surface area contributed by atoms with Crippen molar-refractivity contribution in [1.82, 2.24) is 9.62 Å². The summed E-state index contributed by atoms with van der Waals surface area (Å²) >= 11 is 6.08. The van der Waals surface area contributed by atoms with Gasteiger partial charge in [-0.1, -0.05) is 17.7 Å². The van der Waals surface area contributed by atoms with Gasteiger partial charge in [-0.25, -0.2) is 8.42 Å². The molecule has 8 nitrogen and oxygen atoms in total. The van der Waals surface area contributed by atoms with Gasteiger partial charge in [-0.05, 0) is 48.7 Å². The molecule has 0 spiro atoms. The highest BCUT2D eigenvalue weighted by Gasteiger charge is 2.32. The van der Waals surface area contributed by atoms with Gasteiger partial charge in [0.15, 0.2) is 11.5 Å². The largest absolute Gasteiger partial charge is 0.495 e. The van der Waals surface area contributed by atoms with Crippen LogP contribution in [-0.2, 0) is 21.4 Å². The first-order chi connectivity index (χ1) is 14.9. The van der Waals surface area contributed by atoms with E-state index in [9.17, 15) is 13.2 Å². The predicted molar refractivity (Wildman–Crippen MR) is 114 cm³/mol. The second kappa shape index (κ2) is 8.94. The van der Waals surface area contributed by atoms with Gasteiger partial charge >= 0.3 is 0 Å². The summed E-state index contributed by atoms with van der Waals surface area (Å²) in [5.74, 6) is 1.46. The molecular weight excluding hydrogens is 444 g/mol. The van der Waals surface area contributed by atoms with E-state index in [2.05, 4.69) is 5.32 Å². The Hall–Kier alpha value is -2.49. The standard InChI is InChI=1S/C21H23ClN2O6S/c1-28-18-5-3-16(11-17(18)22)31(26,27)24-8-6-15(7-9-24)21(25)23-12-14-2-4-19-20(10-14)30-13-29-19/h2-5,10-11,15H,6-9,12-13H2,1H3,(H,23,25). The number of hydrogen-bond acceptors (Lipinski definition) is 6. The highest BCUT2D eigenvalue weighted by atomic mass is 35.5. The third kappa shape index (κ3) is 4.58. The Balaban J connectivity index is 1.32. The normalized spacial score (nSPS) is 16.8. The third-order valence-corrected chi connectivity index (χ3v) is 7.68. The molecule has 0 atom stereocenters. The Morgan fingerprint density at radius 1 is 1.16 bits per heavy atom. The molecule has 0 aromatic heterocycles. The first kappa shape index (κ1) is 21.7. The second-order valence-electron chi connectivity index (χ2n) is 7.38. The van der Waals surface area contributed by atoms with Crippen LogP contribution in [0.2, 0.25) is 5.02 Å². The number of ether oxygens (including phenoxy) is 3. The molecule has 10 heteroatoms. The van der Waals surface area contributed by atoms with E-state index in [0.717, 1.165) is 5.56 Å². The first-order valence-corrected chi connectivity index (χ1v) is 11.7. The molecule has 31 heavy (non-hydrogen) atoms. The summed E-state index contributed by atoms with van der Waals surface area (Å²) in [6.07, 6.45) is 0.909. The van der Waals surface area contributed by atoms with E-state index in [1.165, 1.54) is 29.6 Å². The summed E-state index contributed by atoms with van der Waals surface area (Å²) in [6, 6.07) is 9.94. The number of rotatable bonds is 6. The molecule has 0 aliphatic carbocycles. The van der Waals surface area contributed by atoms with Crippen molar-refractivity contribution in [2.24, 2.45) is 5.92 Å². The monoisotopic (exact) mass is 466 g/mol. The summed E-state index contributed by atoms with van der Waals surface area (Å²) in [7, 11) is -2.21. The maximum atomic E-state index is 12.9. The Morgan fingerprint density at radius 3 is 2.61 bits per heavy atom. The fourth-order valence-electron chi connectivity index (χ4n) is 3.70. The van der Waals surface area contributed by atoms with Crippen molar-refractivity contribution in [3.63, 3.8) is 0 Å². The van der Waals surface area contributed by atoms with Crippen molar-refractivity contribution in [2.75, 3.05) is 27.0 Å². The van der Waals surface area contributed by atoms with Crippen LogP contribution in [0.4, 0.5) is 0 Å². The van der Waals surface area contributed by atoms with Gasteiger partial charge in [-0.15, -0.1) is 0 Å². The minimum atomic E-state index is -3.68. The number of methoxy groups -OCH3 is 1. The van der Waals surface area contributed by atoms with E-state index in [-0.39, 0.29) is 41.6 Å². The number of nitrogens with zero attached hydrogens (tertiary/aromatic N) is 1. The van der Waals surface area contributed by atoms with Crippen molar-refractivity contribution in [3.8, 4) is 17.2 Å². The van der Waals surface area contributed by atoms with Crippen LogP contribution in [0.3, 0.4) is 0 Å². The first-order valence-electron chi connectivity index (χ1n) is 9.88. The minimum Gasteiger partial charge on any atom is -0.495 e. The zero-order chi connectivity index (χ0) is 22.0. The second-order valence-corrected chi connectivity index (χ2v) is 9.73. The summed E-state index contributed by atoms with van der Waals surface area (Å²) in [5.41, 5.74) is 0.911. The number of amides is 1. The Labute approximate surface area is 186 Å². The lowest BCUT2D eigenvalue weighted by Crippen LogP contribution is -2.42. The SMILES string of the molecule is COc1ccc(S(=O)(=O)N2CCC(C(=O)NCc3ccc4c(c3)OCO4)CC2)cc1Cl. The van der Waals surface area contributed by atoms with Gasteiger partial charge in [0.2, 0.25) is 22.7 Å². The predicted octanol–water partition coefficient (Wildman–Crippen LogP) is 2.79. The molecule has 166 valence electrons. The highest BCUT2D eigenvalue weighted by molar-refractivity contribution is 7.89. The van der Waals surface area contributed by atoms with E-state index < -0.39 is 10.0 Å². The molecule has 1 saturated heterocycles. The number of fused-ring (bicyclic) bond motifs is 1. The molecule has 0 unspecified atom stereocenters. The van der Waals surface area contributed by atoms with Gasteiger partial charge in [0.25, 0.3) is 0 Å². The Kier molecular flexibility index (Phi) is 6.27. The number of halogens is 1. The summed E-state index contributed by atoms with van der Waals surface area (Å²) in [6.45, 7) is 1.12. The average molecular weight is 467 g/mol. The molecular formula is C21H23ClN2O6S. The third-order valence-electron chi connectivity index (χ3n) is 5.49. The lowest BCUT2D eigenvalue weighted by Gasteiger charge is -2.30.